The summed E-state index contributed by atoms with van der Waals surface area (Å²) in [5, 5.41) is 0. The first-order valence-corrected chi connectivity index (χ1v) is 8.61. The minimum absolute atomic E-state index is 0.0562. The minimum Gasteiger partial charge on any atom is -0.493 e. The Balaban J connectivity index is 2.71. The van der Waals surface area contributed by atoms with E-state index in [0.717, 1.165) is 24.9 Å². The lowest BCUT2D eigenvalue weighted by Gasteiger charge is -2.25. The van der Waals surface area contributed by atoms with Crippen LogP contribution in [0, 0.1) is 5.92 Å². The molecule has 5 nitrogen and oxygen atoms in total. The number of nitrogens with zero attached hydrogens (tertiary/aromatic N) is 1. The Morgan fingerprint density at radius 1 is 1.17 bits per heavy atom. The summed E-state index contributed by atoms with van der Waals surface area (Å²) >= 11 is 0. The fourth-order valence-electron chi connectivity index (χ4n) is 2.57. The van der Waals surface area contributed by atoms with Crippen molar-refractivity contribution in [1.82, 2.24) is 4.90 Å². The van der Waals surface area contributed by atoms with Gasteiger partial charge in [-0.3, -0.25) is 4.79 Å². The highest BCUT2D eigenvalue weighted by atomic mass is 16.5. The van der Waals surface area contributed by atoms with Crippen LogP contribution in [0.25, 0.3) is 0 Å². The van der Waals surface area contributed by atoms with Crippen molar-refractivity contribution in [2.75, 3.05) is 27.3 Å². The predicted molar refractivity (Wildman–Crippen MR) is 97.6 cm³/mol. The molecule has 0 heterocycles. The SMILES string of the molecule is COc1ccc(CCN(CC(C)C)C(=O)CCC(C)N)cc1OC. The summed E-state index contributed by atoms with van der Waals surface area (Å²) in [6.45, 7) is 7.66. The molecule has 1 rings (SSSR count). The maximum absolute atomic E-state index is 12.5. The zero-order valence-electron chi connectivity index (χ0n) is 15.7. The van der Waals surface area contributed by atoms with E-state index < -0.39 is 0 Å². The van der Waals surface area contributed by atoms with Crippen LogP contribution >= 0.6 is 0 Å². The molecule has 1 unspecified atom stereocenters. The van der Waals surface area contributed by atoms with Crippen molar-refractivity contribution in [1.29, 1.82) is 0 Å². The quantitative estimate of drug-likeness (QED) is 0.713. The van der Waals surface area contributed by atoms with Gasteiger partial charge in [-0.25, -0.2) is 0 Å². The molecule has 0 aliphatic carbocycles. The summed E-state index contributed by atoms with van der Waals surface area (Å²) in [5.41, 5.74) is 6.90. The van der Waals surface area contributed by atoms with Gasteiger partial charge in [-0.05, 0) is 43.4 Å². The molecule has 0 aliphatic heterocycles. The minimum atomic E-state index is 0.0562. The Bertz CT molecular complexity index is 515. The van der Waals surface area contributed by atoms with Crippen molar-refractivity contribution < 1.29 is 14.3 Å². The standard InChI is InChI=1S/C19H32N2O3/c1-14(2)13-21(19(22)9-6-15(3)20)11-10-16-7-8-17(23-4)18(12-16)24-5/h7-8,12,14-15H,6,9-11,13,20H2,1-5H3. The fraction of sp³-hybridized carbons (Fsp3) is 0.632. The average molecular weight is 336 g/mol. The van der Waals surface area contributed by atoms with Gasteiger partial charge in [0.2, 0.25) is 5.91 Å². The molecule has 1 aromatic rings. The molecule has 0 aromatic heterocycles. The third-order valence-corrected chi connectivity index (χ3v) is 3.87. The van der Waals surface area contributed by atoms with Crippen LogP contribution in [0.1, 0.15) is 39.2 Å². The van der Waals surface area contributed by atoms with Crippen LogP contribution < -0.4 is 15.2 Å². The highest BCUT2D eigenvalue weighted by molar-refractivity contribution is 5.76. The van der Waals surface area contributed by atoms with Gasteiger partial charge >= 0.3 is 0 Å². The van der Waals surface area contributed by atoms with E-state index in [1.807, 2.05) is 30.0 Å². The van der Waals surface area contributed by atoms with E-state index in [9.17, 15) is 4.79 Å². The molecule has 0 bridgehead atoms. The van der Waals surface area contributed by atoms with E-state index in [0.29, 0.717) is 30.4 Å². The number of methoxy groups -OCH3 is 2. The molecule has 5 heteroatoms. The Hall–Kier alpha value is -1.75. The second-order valence-corrected chi connectivity index (χ2v) is 6.69. The molecule has 0 radical (unpaired) electrons. The van der Waals surface area contributed by atoms with E-state index in [-0.39, 0.29) is 11.9 Å². The number of rotatable bonds is 10. The number of amides is 1. The van der Waals surface area contributed by atoms with E-state index in [2.05, 4.69) is 13.8 Å². The number of nitrogens with two attached hydrogens (primary N) is 1. The van der Waals surface area contributed by atoms with E-state index in [1.54, 1.807) is 14.2 Å². The number of carbonyl (C=O) groups excluding carboxylic acids is 1. The molecule has 0 fully saturated rings. The maximum atomic E-state index is 12.5. The smallest absolute Gasteiger partial charge is 0.222 e. The van der Waals surface area contributed by atoms with Gasteiger partial charge in [0.25, 0.3) is 0 Å². The van der Waals surface area contributed by atoms with Crippen molar-refractivity contribution in [2.24, 2.45) is 11.7 Å². The van der Waals surface area contributed by atoms with Crippen LogP contribution in [-0.2, 0) is 11.2 Å². The largest absolute Gasteiger partial charge is 0.493 e. The number of ether oxygens (including phenoxy) is 2. The molecular formula is C19H32N2O3. The first-order valence-electron chi connectivity index (χ1n) is 8.61. The van der Waals surface area contributed by atoms with Crippen LogP contribution in [0.15, 0.2) is 18.2 Å². The van der Waals surface area contributed by atoms with E-state index in [1.165, 1.54) is 0 Å². The fourth-order valence-corrected chi connectivity index (χ4v) is 2.57. The topological polar surface area (TPSA) is 64.8 Å². The zero-order valence-corrected chi connectivity index (χ0v) is 15.7. The van der Waals surface area contributed by atoms with Gasteiger partial charge < -0.3 is 20.1 Å². The predicted octanol–water partition coefficient (Wildman–Crippen LogP) is 2.86. The summed E-state index contributed by atoms with van der Waals surface area (Å²) < 4.78 is 10.6. The average Bonchev–Trinajstić information content (AvgIpc) is 2.55. The van der Waals surface area contributed by atoms with Crippen molar-refractivity contribution in [2.45, 2.75) is 46.1 Å². The summed E-state index contributed by atoms with van der Waals surface area (Å²) in [6.07, 6.45) is 2.02. The van der Waals surface area contributed by atoms with Crippen LogP contribution in [0.3, 0.4) is 0 Å². The number of hydrogen-bond acceptors (Lipinski definition) is 4. The van der Waals surface area contributed by atoms with Crippen LogP contribution in [0.2, 0.25) is 0 Å². The Kier molecular flexibility index (Phi) is 8.61. The normalized spacial score (nSPS) is 12.1. The summed E-state index contributed by atoms with van der Waals surface area (Å²) in [4.78, 5) is 14.4. The highest BCUT2D eigenvalue weighted by Crippen LogP contribution is 2.27. The lowest BCUT2D eigenvalue weighted by atomic mass is 10.1. The molecule has 0 saturated heterocycles. The van der Waals surface area contributed by atoms with Crippen molar-refractivity contribution >= 4 is 5.91 Å². The van der Waals surface area contributed by atoms with Gasteiger partial charge in [0.1, 0.15) is 0 Å². The number of carbonyl (C=O) groups is 1. The summed E-state index contributed by atoms with van der Waals surface area (Å²) in [5.74, 6) is 2.05. The third-order valence-electron chi connectivity index (χ3n) is 3.87. The summed E-state index contributed by atoms with van der Waals surface area (Å²) in [6, 6.07) is 5.94. The van der Waals surface area contributed by atoms with E-state index in [4.69, 9.17) is 15.2 Å². The van der Waals surface area contributed by atoms with Crippen molar-refractivity contribution in [3.05, 3.63) is 23.8 Å². The number of benzene rings is 1. The van der Waals surface area contributed by atoms with Crippen molar-refractivity contribution in [3.63, 3.8) is 0 Å². The molecule has 1 atom stereocenters. The lowest BCUT2D eigenvalue weighted by molar-refractivity contribution is -0.131. The second kappa shape index (κ2) is 10.2. The van der Waals surface area contributed by atoms with Crippen molar-refractivity contribution in [3.8, 4) is 11.5 Å². The third kappa shape index (κ3) is 6.79. The molecule has 1 amide bonds. The maximum Gasteiger partial charge on any atom is 0.222 e. The van der Waals surface area contributed by atoms with Gasteiger partial charge in [0.15, 0.2) is 11.5 Å². The lowest BCUT2D eigenvalue weighted by Crippen LogP contribution is -2.36. The van der Waals surface area contributed by atoms with Gasteiger partial charge in [-0.2, -0.15) is 0 Å². The first kappa shape index (κ1) is 20.3. The Labute approximate surface area is 146 Å². The van der Waals surface area contributed by atoms with Crippen LogP contribution in [0.4, 0.5) is 0 Å². The van der Waals surface area contributed by atoms with Gasteiger partial charge in [0.05, 0.1) is 14.2 Å². The molecule has 0 saturated carbocycles. The molecule has 0 aliphatic rings. The monoisotopic (exact) mass is 336 g/mol. The number of hydrogen-bond donors (Lipinski definition) is 1. The highest BCUT2D eigenvalue weighted by Gasteiger charge is 2.16. The molecule has 1 aromatic carbocycles. The molecule has 0 spiro atoms. The van der Waals surface area contributed by atoms with Gasteiger partial charge in [-0.15, -0.1) is 0 Å². The first-order chi connectivity index (χ1) is 11.4. The zero-order chi connectivity index (χ0) is 18.1. The Morgan fingerprint density at radius 3 is 2.38 bits per heavy atom. The molecular weight excluding hydrogens is 304 g/mol. The van der Waals surface area contributed by atoms with Gasteiger partial charge in [-0.1, -0.05) is 19.9 Å². The summed E-state index contributed by atoms with van der Waals surface area (Å²) in [7, 11) is 3.25. The Morgan fingerprint density at radius 2 is 1.83 bits per heavy atom. The van der Waals surface area contributed by atoms with Gasteiger partial charge in [0, 0.05) is 25.6 Å². The van der Waals surface area contributed by atoms with E-state index >= 15 is 0 Å². The van der Waals surface area contributed by atoms with Crippen LogP contribution in [0.5, 0.6) is 11.5 Å². The molecule has 136 valence electrons. The van der Waals surface area contributed by atoms with Crippen LogP contribution in [-0.4, -0.2) is 44.2 Å². The second-order valence-electron chi connectivity index (χ2n) is 6.69. The molecule has 24 heavy (non-hydrogen) atoms. The molecule has 2 N–H and O–H groups in total.